The summed E-state index contributed by atoms with van der Waals surface area (Å²) in [6, 6.07) is 23.5. The van der Waals surface area contributed by atoms with Crippen LogP contribution in [0.2, 0.25) is 5.02 Å². The van der Waals surface area contributed by atoms with Gasteiger partial charge in [-0.05, 0) is 61.0 Å². The molecule has 4 aromatic rings. The largest absolute Gasteiger partial charge is 0.484 e. The number of aromatic nitrogens is 1. The van der Waals surface area contributed by atoms with Gasteiger partial charge >= 0.3 is 0 Å². The van der Waals surface area contributed by atoms with E-state index in [4.69, 9.17) is 27.1 Å². The smallest absolute Gasteiger partial charge is 0.272 e. The molecule has 0 unspecified atom stereocenters. The SMILES string of the molecule is C/C(=N/NC(=O)c1cc(-c2ccc(Cl)cc2)nc2ccccc12)c1ccc(OCC(N)=O)cc1. The Morgan fingerprint density at radius 1 is 1.03 bits per heavy atom. The number of fused-ring (bicyclic) bond motifs is 1. The van der Waals surface area contributed by atoms with Crippen LogP contribution >= 0.6 is 11.6 Å². The van der Waals surface area contributed by atoms with Gasteiger partial charge in [0.15, 0.2) is 6.61 Å². The zero-order valence-electron chi connectivity index (χ0n) is 18.3. The summed E-state index contributed by atoms with van der Waals surface area (Å²) in [4.78, 5) is 28.6. The van der Waals surface area contributed by atoms with Gasteiger partial charge in [0.2, 0.25) is 0 Å². The highest BCUT2D eigenvalue weighted by Crippen LogP contribution is 2.26. The number of hydrazone groups is 1. The van der Waals surface area contributed by atoms with Crippen LogP contribution in [-0.2, 0) is 4.79 Å². The number of para-hydroxylation sites is 1. The van der Waals surface area contributed by atoms with E-state index in [0.717, 1.165) is 16.5 Å². The third kappa shape index (κ3) is 5.39. The number of nitrogens with zero attached hydrogens (tertiary/aromatic N) is 2. The molecule has 7 nitrogen and oxygen atoms in total. The Kier molecular flexibility index (Phi) is 6.85. The number of nitrogens with one attached hydrogen (secondary N) is 1. The van der Waals surface area contributed by atoms with Gasteiger partial charge in [-0.15, -0.1) is 0 Å². The Balaban J connectivity index is 1.58. The highest BCUT2D eigenvalue weighted by molar-refractivity contribution is 6.30. The molecule has 0 saturated heterocycles. The first-order valence-corrected chi connectivity index (χ1v) is 10.8. The van der Waals surface area contributed by atoms with Gasteiger partial charge in [0, 0.05) is 16.0 Å². The molecule has 1 heterocycles. The topological polar surface area (TPSA) is 107 Å². The number of nitrogens with two attached hydrogens (primary N) is 1. The summed E-state index contributed by atoms with van der Waals surface area (Å²) in [5.41, 5.74) is 11.8. The Bertz CT molecular complexity index is 1380. The maximum atomic E-state index is 13.1. The summed E-state index contributed by atoms with van der Waals surface area (Å²) in [5.74, 6) is -0.390. The second-order valence-electron chi connectivity index (χ2n) is 7.50. The van der Waals surface area contributed by atoms with Crippen LogP contribution in [0.4, 0.5) is 0 Å². The Morgan fingerprint density at radius 3 is 2.44 bits per heavy atom. The molecule has 2 amide bonds. The monoisotopic (exact) mass is 472 g/mol. The molecule has 1 aromatic heterocycles. The normalized spacial score (nSPS) is 11.3. The van der Waals surface area contributed by atoms with E-state index < -0.39 is 5.91 Å². The number of carbonyl (C=O) groups excluding carboxylic acids is 2. The molecule has 0 radical (unpaired) electrons. The van der Waals surface area contributed by atoms with E-state index >= 15 is 0 Å². The summed E-state index contributed by atoms with van der Waals surface area (Å²) in [7, 11) is 0. The van der Waals surface area contributed by atoms with Crippen molar-refractivity contribution < 1.29 is 14.3 Å². The van der Waals surface area contributed by atoms with Crippen LogP contribution in [0.5, 0.6) is 5.75 Å². The van der Waals surface area contributed by atoms with Crippen molar-refractivity contribution in [1.82, 2.24) is 10.4 Å². The zero-order chi connectivity index (χ0) is 24.1. The van der Waals surface area contributed by atoms with Gasteiger partial charge in [-0.3, -0.25) is 9.59 Å². The number of benzene rings is 3. The molecule has 3 aromatic carbocycles. The second-order valence-corrected chi connectivity index (χ2v) is 7.93. The van der Waals surface area contributed by atoms with Crippen molar-refractivity contribution in [3.8, 4) is 17.0 Å². The number of amides is 2. The number of hydrogen-bond donors (Lipinski definition) is 2. The number of pyridine rings is 1. The molecule has 170 valence electrons. The molecule has 0 aliphatic rings. The maximum Gasteiger partial charge on any atom is 0.272 e. The predicted octanol–water partition coefficient (Wildman–Crippen LogP) is 4.57. The summed E-state index contributed by atoms with van der Waals surface area (Å²) in [6.45, 7) is 1.59. The van der Waals surface area contributed by atoms with E-state index in [0.29, 0.717) is 33.3 Å². The van der Waals surface area contributed by atoms with Crippen molar-refractivity contribution in [2.75, 3.05) is 6.61 Å². The van der Waals surface area contributed by atoms with Gasteiger partial charge < -0.3 is 10.5 Å². The first kappa shape index (κ1) is 22.9. The van der Waals surface area contributed by atoms with Crippen LogP contribution in [0.1, 0.15) is 22.8 Å². The van der Waals surface area contributed by atoms with Gasteiger partial charge in [0.1, 0.15) is 5.75 Å². The van der Waals surface area contributed by atoms with Crippen LogP contribution in [0.15, 0.2) is 84.0 Å². The molecule has 0 fully saturated rings. The standard InChI is InChI=1S/C26H21ClN4O3/c1-16(17-8-12-20(13-9-17)34-15-25(28)32)30-31-26(33)22-14-24(18-6-10-19(27)11-7-18)29-23-5-3-2-4-21(22)23/h2-14H,15H2,1H3,(H2,28,32)(H,31,33)/b30-16-. The minimum atomic E-state index is -0.549. The molecule has 34 heavy (non-hydrogen) atoms. The van der Waals surface area contributed by atoms with Crippen LogP contribution in [0, 0.1) is 0 Å². The molecule has 3 N–H and O–H groups in total. The first-order valence-electron chi connectivity index (χ1n) is 10.4. The Morgan fingerprint density at radius 2 is 1.74 bits per heavy atom. The fraction of sp³-hybridized carbons (Fsp3) is 0.0769. The minimum absolute atomic E-state index is 0.194. The molecule has 0 atom stereocenters. The number of rotatable bonds is 7. The predicted molar refractivity (Wildman–Crippen MR) is 133 cm³/mol. The Labute approximate surface area is 201 Å². The van der Waals surface area contributed by atoms with Crippen LogP contribution < -0.4 is 15.9 Å². The molecular weight excluding hydrogens is 452 g/mol. The fourth-order valence-electron chi connectivity index (χ4n) is 3.34. The Hall–Kier alpha value is -4.23. The average Bonchev–Trinajstić information content (AvgIpc) is 2.86. The molecule has 4 rings (SSSR count). The van der Waals surface area contributed by atoms with Crippen molar-refractivity contribution in [3.63, 3.8) is 0 Å². The van der Waals surface area contributed by atoms with Crippen LogP contribution in [0.25, 0.3) is 22.2 Å². The van der Waals surface area contributed by atoms with Gasteiger partial charge in [0.25, 0.3) is 11.8 Å². The molecule has 0 aliphatic carbocycles. The lowest BCUT2D eigenvalue weighted by Gasteiger charge is -2.10. The van der Waals surface area contributed by atoms with E-state index in [2.05, 4.69) is 10.5 Å². The summed E-state index contributed by atoms with van der Waals surface area (Å²) >= 11 is 6.01. The van der Waals surface area contributed by atoms with Gasteiger partial charge in [-0.1, -0.05) is 41.9 Å². The molecule has 0 saturated carbocycles. The first-order chi connectivity index (χ1) is 16.4. The van der Waals surface area contributed by atoms with Crippen LogP contribution in [0.3, 0.4) is 0 Å². The summed E-state index contributed by atoms with van der Waals surface area (Å²) in [5, 5.41) is 5.61. The fourth-order valence-corrected chi connectivity index (χ4v) is 3.46. The number of hydrogen-bond acceptors (Lipinski definition) is 5. The molecule has 0 bridgehead atoms. The van der Waals surface area contributed by atoms with Crippen molar-refractivity contribution in [2.45, 2.75) is 6.92 Å². The van der Waals surface area contributed by atoms with E-state index in [1.807, 2.05) is 36.4 Å². The lowest BCUT2D eigenvalue weighted by molar-refractivity contribution is -0.119. The van der Waals surface area contributed by atoms with Crippen molar-refractivity contribution >= 4 is 40.0 Å². The summed E-state index contributed by atoms with van der Waals surface area (Å²) in [6.07, 6.45) is 0. The molecule has 0 spiro atoms. The maximum absolute atomic E-state index is 13.1. The van der Waals surface area contributed by atoms with Crippen molar-refractivity contribution in [1.29, 1.82) is 0 Å². The van der Waals surface area contributed by atoms with E-state index in [1.165, 1.54) is 0 Å². The minimum Gasteiger partial charge on any atom is -0.484 e. The van der Waals surface area contributed by atoms with E-state index in [-0.39, 0.29) is 12.5 Å². The van der Waals surface area contributed by atoms with Gasteiger partial charge in [-0.2, -0.15) is 5.10 Å². The van der Waals surface area contributed by atoms with Gasteiger partial charge in [0.05, 0.1) is 22.5 Å². The third-order valence-electron chi connectivity index (χ3n) is 5.08. The zero-order valence-corrected chi connectivity index (χ0v) is 19.0. The van der Waals surface area contributed by atoms with Crippen molar-refractivity contribution in [3.05, 3.63) is 95.0 Å². The molecular formula is C26H21ClN4O3. The van der Waals surface area contributed by atoms with Crippen molar-refractivity contribution in [2.24, 2.45) is 10.8 Å². The van der Waals surface area contributed by atoms with Crippen LogP contribution in [-0.4, -0.2) is 29.1 Å². The summed E-state index contributed by atoms with van der Waals surface area (Å²) < 4.78 is 5.26. The third-order valence-corrected chi connectivity index (χ3v) is 5.33. The number of halogens is 1. The lowest BCUT2D eigenvalue weighted by Crippen LogP contribution is -2.20. The second kappa shape index (κ2) is 10.1. The number of primary amides is 1. The molecule has 0 aliphatic heterocycles. The number of ether oxygens (including phenoxy) is 1. The van der Waals surface area contributed by atoms with E-state index in [9.17, 15) is 9.59 Å². The molecule has 8 heteroatoms. The average molecular weight is 473 g/mol. The quantitative estimate of drug-likeness (QED) is 0.303. The lowest BCUT2D eigenvalue weighted by atomic mass is 10.0. The van der Waals surface area contributed by atoms with Gasteiger partial charge in [-0.25, -0.2) is 10.4 Å². The highest BCUT2D eigenvalue weighted by atomic mass is 35.5. The number of carbonyl (C=O) groups is 2. The highest BCUT2D eigenvalue weighted by Gasteiger charge is 2.14. The van der Waals surface area contributed by atoms with E-state index in [1.54, 1.807) is 49.4 Å².